The number of carbonyl (C=O) groups excluding carboxylic acids is 2. The maximum absolute atomic E-state index is 14.1. The lowest BCUT2D eigenvalue weighted by Crippen LogP contribution is -2.43. The van der Waals surface area contributed by atoms with Gasteiger partial charge in [0.2, 0.25) is 5.91 Å². The second-order valence-electron chi connectivity index (χ2n) is 7.21. The fourth-order valence-corrected chi connectivity index (χ4v) is 3.39. The van der Waals surface area contributed by atoms with Crippen LogP contribution in [0.2, 0.25) is 0 Å². The Morgan fingerprint density at radius 3 is 2.45 bits per heavy atom. The topological polar surface area (TPSA) is 58.6 Å². The van der Waals surface area contributed by atoms with E-state index in [2.05, 4.69) is 5.32 Å². The van der Waals surface area contributed by atoms with E-state index in [0.717, 1.165) is 0 Å². The molecule has 29 heavy (non-hydrogen) atoms. The summed E-state index contributed by atoms with van der Waals surface area (Å²) >= 11 is 0. The van der Waals surface area contributed by atoms with Gasteiger partial charge in [-0.05, 0) is 49.1 Å². The molecule has 0 radical (unpaired) electrons. The molecule has 0 saturated carbocycles. The van der Waals surface area contributed by atoms with Gasteiger partial charge in [0.25, 0.3) is 5.91 Å². The van der Waals surface area contributed by atoms with Crippen LogP contribution in [0.4, 0.5) is 8.78 Å². The zero-order valence-electron chi connectivity index (χ0n) is 16.5. The van der Waals surface area contributed by atoms with Gasteiger partial charge in [-0.15, -0.1) is 0 Å². The number of methoxy groups -OCH3 is 1. The van der Waals surface area contributed by atoms with Crippen LogP contribution in [0.3, 0.4) is 0 Å². The van der Waals surface area contributed by atoms with Gasteiger partial charge in [-0.3, -0.25) is 9.59 Å². The number of piperidine rings is 1. The molecule has 0 bridgehead atoms. The molecule has 1 fully saturated rings. The van der Waals surface area contributed by atoms with E-state index in [1.165, 1.54) is 25.3 Å². The molecule has 2 aromatic rings. The summed E-state index contributed by atoms with van der Waals surface area (Å²) < 4.78 is 32.7. The minimum atomic E-state index is -0.625. The summed E-state index contributed by atoms with van der Waals surface area (Å²) in [6.07, 6.45) is 0.995. The number of benzene rings is 2. The first-order valence-electron chi connectivity index (χ1n) is 9.54. The van der Waals surface area contributed by atoms with Crippen molar-refractivity contribution in [3.63, 3.8) is 0 Å². The fourth-order valence-electron chi connectivity index (χ4n) is 3.39. The third-order valence-electron chi connectivity index (χ3n) is 5.26. The van der Waals surface area contributed by atoms with Crippen molar-refractivity contribution in [3.05, 3.63) is 64.7 Å². The van der Waals surface area contributed by atoms with Crippen LogP contribution in [0.25, 0.3) is 0 Å². The second kappa shape index (κ2) is 9.03. The first-order valence-corrected chi connectivity index (χ1v) is 9.54. The Bertz CT molecular complexity index is 909. The van der Waals surface area contributed by atoms with Crippen molar-refractivity contribution < 1.29 is 23.1 Å². The summed E-state index contributed by atoms with van der Waals surface area (Å²) in [5.41, 5.74) is 1.25. The van der Waals surface area contributed by atoms with Crippen molar-refractivity contribution in [1.29, 1.82) is 0 Å². The van der Waals surface area contributed by atoms with E-state index in [4.69, 9.17) is 4.74 Å². The molecular weight excluding hydrogens is 378 g/mol. The first kappa shape index (κ1) is 20.8. The molecule has 154 valence electrons. The van der Waals surface area contributed by atoms with Crippen LogP contribution in [0, 0.1) is 24.5 Å². The number of halogens is 2. The molecule has 0 aromatic heterocycles. The maximum Gasteiger partial charge on any atom is 0.256 e. The van der Waals surface area contributed by atoms with E-state index >= 15 is 0 Å². The van der Waals surface area contributed by atoms with Crippen molar-refractivity contribution in [2.75, 3.05) is 20.2 Å². The fraction of sp³-hybridized carbons (Fsp3) is 0.364. The van der Waals surface area contributed by atoms with E-state index in [1.54, 1.807) is 30.0 Å². The summed E-state index contributed by atoms with van der Waals surface area (Å²) in [7, 11) is 1.43. The highest BCUT2D eigenvalue weighted by molar-refractivity contribution is 5.94. The molecular formula is C22H24F2N2O3. The SMILES string of the molecule is COc1ccc(C(=O)N2CCC(C(=O)NCc3ccc(C)c(F)c3)CC2)c(F)c1. The Balaban J connectivity index is 1.52. The molecule has 1 aliphatic rings. The van der Waals surface area contributed by atoms with Gasteiger partial charge in [0.1, 0.15) is 17.4 Å². The number of rotatable bonds is 5. The summed E-state index contributed by atoms with van der Waals surface area (Å²) in [5.74, 6) is -1.31. The lowest BCUT2D eigenvalue weighted by molar-refractivity contribution is -0.126. The first-order chi connectivity index (χ1) is 13.9. The number of nitrogens with zero attached hydrogens (tertiary/aromatic N) is 1. The lowest BCUT2D eigenvalue weighted by Gasteiger charge is -2.31. The average Bonchev–Trinajstić information content (AvgIpc) is 2.74. The van der Waals surface area contributed by atoms with Crippen LogP contribution < -0.4 is 10.1 Å². The number of hydrogen-bond acceptors (Lipinski definition) is 3. The van der Waals surface area contributed by atoms with E-state index in [-0.39, 0.29) is 35.7 Å². The molecule has 2 aromatic carbocycles. The predicted molar refractivity (Wildman–Crippen MR) is 105 cm³/mol. The van der Waals surface area contributed by atoms with Gasteiger partial charge in [-0.1, -0.05) is 12.1 Å². The predicted octanol–water partition coefficient (Wildman–Crippen LogP) is 3.45. The number of aryl methyl sites for hydroxylation is 1. The van der Waals surface area contributed by atoms with Gasteiger partial charge < -0.3 is 15.0 Å². The third kappa shape index (κ3) is 4.91. The van der Waals surface area contributed by atoms with Gasteiger partial charge >= 0.3 is 0 Å². The number of hydrogen-bond donors (Lipinski definition) is 1. The summed E-state index contributed by atoms with van der Waals surface area (Å²) in [6, 6.07) is 9.02. The number of carbonyl (C=O) groups is 2. The number of ether oxygens (including phenoxy) is 1. The van der Waals surface area contributed by atoms with Crippen molar-refractivity contribution in [3.8, 4) is 5.75 Å². The van der Waals surface area contributed by atoms with E-state index in [1.807, 2.05) is 0 Å². The Morgan fingerprint density at radius 2 is 1.83 bits per heavy atom. The molecule has 0 aliphatic carbocycles. The molecule has 1 heterocycles. The molecule has 0 atom stereocenters. The Morgan fingerprint density at radius 1 is 1.10 bits per heavy atom. The molecule has 0 unspecified atom stereocenters. The molecule has 1 N–H and O–H groups in total. The number of amides is 2. The largest absolute Gasteiger partial charge is 0.497 e. The highest BCUT2D eigenvalue weighted by Gasteiger charge is 2.28. The van der Waals surface area contributed by atoms with E-state index < -0.39 is 5.82 Å². The Kier molecular flexibility index (Phi) is 6.46. The monoisotopic (exact) mass is 402 g/mol. The molecule has 3 rings (SSSR count). The molecule has 0 spiro atoms. The third-order valence-corrected chi connectivity index (χ3v) is 5.26. The van der Waals surface area contributed by atoms with Gasteiger partial charge in [-0.2, -0.15) is 0 Å². The minimum Gasteiger partial charge on any atom is -0.497 e. The standard InChI is InChI=1S/C22H24F2N2O3/c1-14-3-4-15(11-19(14)23)13-25-21(27)16-7-9-26(10-8-16)22(28)18-6-5-17(29-2)12-20(18)24/h3-6,11-12,16H,7-10,13H2,1-2H3,(H,25,27). The van der Waals surface area contributed by atoms with Gasteiger partial charge in [0.15, 0.2) is 0 Å². The highest BCUT2D eigenvalue weighted by atomic mass is 19.1. The number of nitrogens with one attached hydrogen (secondary N) is 1. The minimum absolute atomic E-state index is 0.00454. The van der Waals surface area contributed by atoms with Crippen LogP contribution in [0.1, 0.15) is 34.3 Å². The smallest absolute Gasteiger partial charge is 0.256 e. The van der Waals surface area contributed by atoms with Crippen molar-refractivity contribution in [1.82, 2.24) is 10.2 Å². The molecule has 1 aliphatic heterocycles. The van der Waals surface area contributed by atoms with Crippen molar-refractivity contribution in [2.45, 2.75) is 26.3 Å². The van der Waals surface area contributed by atoms with Crippen molar-refractivity contribution >= 4 is 11.8 Å². The zero-order valence-corrected chi connectivity index (χ0v) is 16.5. The molecule has 1 saturated heterocycles. The Labute approximate surface area is 168 Å². The van der Waals surface area contributed by atoms with Crippen LogP contribution in [0.15, 0.2) is 36.4 Å². The zero-order chi connectivity index (χ0) is 21.0. The quantitative estimate of drug-likeness (QED) is 0.834. The highest BCUT2D eigenvalue weighted by Crippen LogP contribution is 2.22. The van der Waals surface area contributed by atoms with Gasteiger partial charge in [0.05, 0.1) is 12.7 Å². The second-order valence-corrected chi connectivity index (χ2v) is 7.21. The van der Waals surface area contributed by atoms with Crippen LogP contribution in [-0.4, -0.2) is 36.9 Å². The average molecular weight is 402 g/mol. The van der Waals surface area contributed by atoms with Crippen molar-refractivity contribution in [2.24, 2.45) is 5.92 Å². The lowest BCUT2D eigenvalue weighted by atomic mass is 9.95. The van der Waals surface area contributed by atoms with Gasteiger partial charge in [0, 0.05) is 31.6 Å². The normalized spacial score (nSPS) is 14.6. The number of likely N-dealkylation sites (tertiary alicyclic amines) is 1. The van der Waals surface area contributed by atoms with Crippen LogP contribution in [0.5, 0.6) is 5.75 Å². The van der Waals surface area contributed by atoms with Gasteiger partial charge in [-0.25, -0.2) is 8.78 Å². The van der Waals surface area contributed by atoms with E-state index in [9.17, 15) is 18.4 Å². The Hall–Kier alpha value is -2.96. The summed E-state index contributed by atoms with van der Waals surface area (Å²) in [5, 5.41) is 2.83. The van der Waals surface area contributed by atoms with Crippen LogP contribution in [-0.2, 0) is 11.3 Å². The summed E-state index contributed by atoms with van der Waals surface area (Å²) in [4.78, 5) is 26.5. The molecule has 2 amide bonds. The van der Waals surface area contributed by atoms with Crippen LogP contribution >= 0.6 is 0 Å². The maximum atomic E-state index is 14.1. The molecule has 7 heteroatoms. The van der Waals surface area contributed by atoms with E-state index in [0.29, 0.717) is 42.8 Å². The summed E-state index contributed by atoms with van der Waals surface area (Å²) in [6.45, 7) is 2.69. The molecule has 5 nitrogen and oxygen atoms in total.